The molecule has 0 saturated heterocycles. The Bertz CT molecular complexity index is 489. The number of aromatic hydroxyl groups is 1. The lowest BCUT2D eigenvalue weighted by Gasteiger charge is -2.14. The molecule has 1 unspecified atom stereocenters. The van der Waals surface area contributed by atoms with Crippen molar-refractivity contribution < 1.29 is 24.5 Å². The number of nitrogens with one attached hydrogen (secondary N) is 1. The van der Waals surface area contributed by atoms with E-state index in [1.165, 1.54) is 6.07 Å². The van der Waals surface area contributed by atoms with E-state index in [4.69, 9.17) is 9.84 Å². The van der Waals surface area contributed by atoms with Gasteiger partial charge in [-0.05, 0) is 31.9 Å². The molecule has 6 heteroatoms. The van der Waals surface area contributed by atoms with Crippen molar-refractivity contribution in [1.29, 1.82) is 0 Å². The molecule has 0 spiro atoms. The van der Waals surface area contributed by atoms with Crippen LogP contribution in [-0.2, 0) is 9.59 Å². The van der Waals surface area contributed by atoms with E-state index >= 15 is 0 Å². The van der Waals surface area contributed by atoms with Crippen molar-refractivity contribution in [1.82, 2.24) is 5.32 Å². The predicted octanol–water partition coefficient (Wildman–Crippen LogP) is 2.31. The van der Waals surface area contributed by atoms with Crippen molar-refractivity contribution in [2.45, 2.75) is 45.1 Å². The highest BCUT2D eigenvalue weighted by molar-refractivity contribution is 5.77. The van der Waals surface area contributed by atoms with Crippen molar-refractivity contribution in [3.8, 4) is 11.5 Å². The fourth-order valence-corrected chi connectivity index (χ4v) is 2.01. The first-order valence-corrected chi connectivity index (χ1v) is 7.41. The van der Waals surface area contributed by atoms with Gasteiger partial charge in [0.05, 0.1) is 0 Å². The van der Waals surface area contributed by atoms with Crippen molar-refractivity contribution in [2.24, 2.45) is 0 Å². The minimum Gasteiger partial charge on any atom is -0.504 e. The van der Waals surface area contributed by atoms with Gasteiger partial charge in [-0.25, -0.2) is 0 Å². The lowest BCUT2D eigenvalue weighted by atomic mass is 10.1. The molecule has 3 N–H and O–H groups in total. The number of hydrogen-bond acceptors (Lipinski definition) is 4. The number of ether oxygens (including phenoxy) is 1. The average molecular weight is 309 g/mol. The second-order valence-corrected chi connectivity index (χ2v) is 5.22. The zero-order valence-corrected chi connectivity index (χ0v) is 12.7. The zero-order valence-electron chi connectivity index (χ0n) is 12.7. The quantitative estimate of drug-likeness (QED) is 0.576. The zero-order chi connectivity index (χ0) is 16.4. The maximum Gasteiger partial charge on any atom is 0.303 e. The molecule has 0 bridgehead atoms. The summed E-state index contributed by atoms with van der Waals surface area (Å²) in [6.45, 7) is 1.75. The van der Waals surface area contributed by atoms with E-state index < -0.39 is 5.97 Å². The molecule has 1 atom stereocenters. The largest absolute Gasteiger partial charge is 0.504 e. The first kappa shape index (κ1) is 17.8. The van der Waals surface area contributed by atoms with Gasteiger partial charge in [0.1, 0.15) is 0 Å². The number of phenolic OH excluding ortho intramolecular Hbond substituents is 1. The summed E-state index contributed by atoms with van der Waals surface area (Å²) in [6.07, 6.45) is 3.35. The van der Waals surface area contributed by atoms with Crippen LogP contribution in [0.2, 0.25) is 0 Å². The van der Waals surface area contributed by atoms with Crippen molar-refractivity contribution in [3.63, 3.8) is 0 Å². The second kappa shape index (κ2) is 9.65. The highest BCUT2D eigenvalue weighted by atomic mass is 16.5. The molecule has 6 nitrogen and oxygen atoms in total. The van der Waals surface area contributed by atoms with Crippen LogP contribution in [0.25, 0.3) is 0 Å². The number of unbranched alkanes of at least 4 members (excludes halogenated alkanes) is 2. The Morgan fingerprint density at radius 2 is 1.95 bits per heavy atom. The maximum absolute atomic E-state index is 11.7. The van der Waals surface area contributed by atoms with Crippen LogP contribution in [-0.4, -0.2) is 34.7 Å². The first-order chi connectivity index (χ1) is 10.5. The van der Waals surface area contributed by atoms with E-state index in [0.29, 0.717) is 6.42 Å². The molecule has 1 rings (SSSR count). The van der Waals surface area contributed by atoms with Crippen LogP contribution in [0, 0.1) is 0 Å². The lowest BCUT2D eigenvalue weighted by Crippen LogP contribution is -2.36. The monoisotopic (exact) mass is 309 g/mol. The van der Waals surface area contributed by atoms with Gasteiger partial charge in [-0.3, -0.25) is 9.59 Å². The number of rotatable bonds is 10. The number of benzene rings is 1. The molecule has 22 heavy (non-hydrogen) atoms. The third-order valence-corrected chi connectivity index (χ3v) is 3.16. The van der Waals surface area contributed by atoms with E-state index in [-0.39, 0.29) is 36.5 Å². The number of para-hydroxylation sites is 2. The SMILES string of the molecule is CC(CCCCCC(=O)O)NC(=O)COc1ccccc1O. The van der Waals surface area contributed by atoms with Gasteiger partial charge in [0.2, 0.25) is 0 Å². The molecule has 0 saturated carbocycles. The van der Waals surface area contributed by atoms with Gasteiger partial charge in [-0.1, -0.05) is 25.0 Å². The number of aliphatic carboxylic acids is 1. The molecule has 0 radical (unpaired) electrons. The lowest BCUT2D eigenvalue weighted by molar-refractivity contribution is -0.137. The van der Waals surface area contributed by atoms with Crippen LogP contribution in [0.5, 0.6) is 11.5 Å². The van der Waals surface area contributed by atoms with Gasteiger partial charge in [-0.15, -0.1) is 0 Å². The Labute approximate surface area is 130 Å². The third kappa shape index (κ3) is 7.52. The summed E-state index contributed by atoms with van der Waals surface area (Å²) in [4.78, 5) is 22.1. The Morgan fingerprint density at radius 3 is 2.64 bits per heavy atom. The smallest absolute Gasteiger partial charge is 0.303 e. The molecule has 1 aromatic carbocycles. The average Bonchev–Trinajstić information content (AvgIpc) is 2.45. The minimum atomic E-state index is -0.775. The molecule has 1 amide bonds. The highest BCUT2D eigenvalue weighted by Crippen LogP contribution is 2.23. The molecular formula is C16H23NO5. The summed E-state index contributed by atoms with van der Waals surface area (Å²) in [7, 11) is 0. The third-order valence-electron chi connectivity index (χ3n) is 3.16. The Kier molecular flexibility index (Phi) is 7.81. The molecule has 122 valence electrons. The number of carbonyl (C=O) groups excluding carboxylic acids is 1. The normalized spacial score (nSPS) is 11.7. The first-order valence-electron chi connectivity index (χ1n) is 7.41. The van der Waals surface area contributed by atoms with Gasteiger partial charge in [0.25, 0.3) is 5.91 Å². The highest BCUT2D eigenvalue weighted by Gasteiger charge is 2.09. The Morgan fingerprint density at radius 1 is 1.23 bits per heavy atom. The molecule has 0 fully saturated rings. The summed E-state index contributed by atoms with van der Waals surface area (Å²) in [6, 6.07) is 6.48. The van der Waals surface area contributed by atoms with E-state index in [0.717, 1.165) is 19.3 Å². The fourth-order valence-electron chi connectivity index (χ4n) is 2.01. The molecular weight excluding hydrogens is 286 g/mol. The Balaban J connectivity index is 2.16. The van der Waals surface area contributed by atoms with Gasteiger partial charge < -0.3 is 20.3 Å². The second-order valence-electron chi connectivity index (χ2n) is 5.22. The number of amides is 1. The fraction of sp³-hybridized carbons (Fsp3) is 0.500. The number of carboxylic acid groups (broad SMARTS) is 1. The molecule has 1 aromatic rings. The molecule has 0 aliphatic carbocycles. The molecule has 0 heterocycles. The number of hydrogen-bond donors (Lipinski definition) is 3. The van der Waals surface area contributed by atoms with Gasteiger partial charge >= 0.3 is 5.97 Å². The Hall–Kier alpha value is -2.24. The van der Waals surface area contributed by atoms with E-state index in [1.807, 2.05) is 6.92 Å². The number of phenols is 1. The summed E-state index contributed by atoms with van der Waals surface area (Å²) < 4.78 is 5.24. The van der Waals surface area contributed by atoms with Crippen molar-refractivity contribution in [3.05, 3.63) is 24.3 Å². The minimum absolute atomic E-state index is 0.00165. The standard InChI is InChI=1S/C16H23NO5/c1-12(7-3-2-4-10-16(20)21)17-15(19)11-22-14-9-6-5-8-13(14)18/h5-6,8-9,12,18H,2-4,7,10-11H2,1H3,(H,17,19)(H,20,21). The summed E-state index contributed by atoms with van der Waals surface area (Å²) in [5.74, 6) is -0.746. The molecule has 0 aromatic heterocycles. The van der Waals surface area contributed by atoms with Crippen LogP contribution in [0.3, 0.4) is 0 Å². The van der Waals surface area contributed by atoms with Gasteiger partial charge in [0, 0.05) is 12.5 Å². The van der Waals surface area contributed by atoms with E-state index in [1.54, 1.807) is 18.2 Å². The topological polar surface area (TPSA) is 95.9 Å². The number of carboxylic acids is 1. The van der Waals surface area contributed by atoms with E-state index in [9.17, 15) is 14.7 Å². The number of carbonyl (C=O) groups is 2. The summed E-state index contributed by atoms with van der Waals surface area (Å²) in [5.41, 5.74) is 0. The molecule has 0 aliphatic heterocycles. The van der Waals surface area contributed by atoms with Gasteiger partial charge in [-0.2, -0.15) is 0 Å². The van der Waals surface area contributed by atoms with Crippen molar-refractivity contribution >= 4 is 11.9 Å². The van der Waals surface area contributed by atoms with E-state index in [2.05, 4.69) is 5.32 Å². The van der Waals surface area contributed by atoms with Crippen LogP contribution in [0.15, 0.2) is 24.3 Å². The summed E-state index contributed by atoms with van der Waals surface area (Å²) >= 11 is 0. The van der Waals surface area contributed by atoms with Crippen LogP contribution in [0.1, 0.15) is 39.0 Å². The van der Waals surface area contributed by atoms with Crippen molar-refractivity contribution in [2.75, 3.05) is 6.61 Å². The van der Waals surface area contributed by atoms with Crippen LogP contribution < -0.4 is 10.1 Å². The van der Waals surface area contributed by atoms with Crippen LogP contribution in [0.4, 0.5) is 0 Å². The van der Waals surface area contributed by atoms with Gasteiger partial charge in [0.15, 0.2) is 18.1 Å². The maximum atomic E-state index is 11.7. The van der Waals surface area contributed by atoms with Crippen LogP contribution >= 0.6 is 0 Å². The molecule has 0 aliphatic rings. The summed E-state index contributed by atoms with van der Waals surface area (Å²) in [5, 5.41) is 20.8. The predicted molar refractivity (Wildman–Crippen MR) is 81.9 cm³/mol.